The van der Waals surface area contributed by atoms with Gasteiger partial charge in [-0.15, -0.1) is 0 Å². The number of aromatic nitrogens is 2. The van der Waals surface area contributed by atoms with Gasteiger partial charge in [0.1, 0.15) is 0 Å². The van der Waals surface area contributed by atoms with Crippen LogP contribution in [0, 0.1) is 5.82 Å². The Morgan fingerprint density at radius 2 is 1.78 bits per heavy atom. The van der Waals surface area contributed by atoms with Gasteiger partial charge in [-0.1, -0.05) is 30.3 Å². The lowest BCUT2D eigenvalue weighted by molar-refractivity contribution is -0.128. The number of carbonyl (C=O) groups is 2. The first-order valence-electron chi connectivity index (χ1n) is 8.16. The highest BCUT2D eigenvalue weighted by Crippen LogP contribution is 2.16. The molecule has 0 spiro atoms. The van der Waals surface area contributed by atoms with Crippen LogP contribution in [0.2, 0.25) is 0 Å². The van der Waals surface area contributed by atoms with Crippen molar-refractivity contribution >= 4 is 11.8 Å². The van der Waals surface area contributed by atoms with Gasteiger partial charge in [-0.25, -0.2) is 9.07 Å². The summed E-state index contributed by atoms with van der Waals surface area (Å²) in [4.78, 5) is 24.2. The zero-order valence-corrected chi connectivity index (χ0v) is 14.4. The van der Waals surface area contributed by atoms with E-state index in [4.69, 9.17) is 4.74 Å². The molecule has 0 unspecified atom stereocenters. The van der Waals surface area contributed by atoms with Crippen molar-refractivity contribution in [3.8, 4) is 11.4 Å². The van der Waals surface area contributed by atoms with Crippen LogP contribution in [0.3, 0.4) is 0 Å². The summed E-state index contributed by atoms with van der Waals surface area (Å²) >= 11 is 0. The van der Waals surface area contributed by atoms with Gasteiger partial charge in [-0.2, -0.15) is 5.10 Å². The monoisotopic (exact) mass is 368 g/mol. The number of hydrogen-bond donors (Lipinski definition) is 2. The van der Waals surface area contributed by atoms with E-state index in [1.807, 2.05) is 30.3 Å². The second kappa shape index (κ2) is 8.13. The van der Waals surface area contributed by atoms with Crippen molar-refractivity contribution in [2.45, 2.75) is 13.0 Å². The number of hydrogen-bond acceptors (Lipinski definition) is 4. The standard InChI is InChI=1S/C19H17FN4O3/c1-13(27-17-10-6-5-9-16(17)20)18(25)22-23-19(26)14-11-21-24(12-14)15-7-3-2-4-8-15/h2-13H,1H3,(H,22,25)(H,23,26)/t13-/m1/s1. The van der Waals surface area contributed by atoms with Crippen LogP contribution < -0.4 is 15.6 Å². The molecule has 8 heteroatoms. The van der Waals surface area contributed by atoms with Crippen LogP contribution in [0.25, 0.3) is 5.69 Å². The molecule has 0 saturated heterocycles. The highest BCUT2D eigenvalue weighted by molar-refractivity contribution is 5.95. The van der Waals surface area contributed by atoms with E-state index in [1.165, 1.54) is 37.5 Å². The van der Waals surface area contributed by atoms with Crippen molar-refractivity contribution in [3.63, 3.8) is 0 Å². The predicted octanol–water partition coefficient (Wildman–Crippen LogP) is 2.24. The van der Waals surface area contributed by atoms with Crippen LogP contribution in [-0.2, 0) is 4.79 Å². The molecule has 0 aliphatic rings. The molecule has 1 aromatic heterocycles. The van der Waals surface area contributed by atoms with E-state index in [2.05, 4.69) is 16.0 Å². The highest BCUT2D eigenvalue weighted by atomic mass is 19.1. The predicted molar refractivity (Wildman–Crippen MR) is 95.7 cm³/mol. The summed E-state index contributed by atoms with van der Waals surface area (Å²) in [6.07, 6.45) is 1.92. The first-order valence-corrected chi connectivity index (χ1v) is 8.16. The van der Waals surface area contributed by atoms with E-state index < -0.39 is 23.7 Å². The summed E-state index contributed by atoms with van der Waals surface area (Å²) in [5.41, 5.74) is 5.59. The molecule has 2 N–H and O–H groups in total. The third-order valence-corrected chi connectivity index (χ3v) is 3.67. The van der Waals surface area contributed by atoms with Gasteiger partial charge in [0, 0.05) is 6.20 Å². The zero-order chi connectivity index (χ0) is 19.2. The molecule has 27 heavy (non-hydrogen) atoms. The quantitative estimate of drug-likeness (QED) is 0.677. The number of amides is 2. The maximum atomic E-state index is 13.6. The molecule has 2 amide bonds. The average Bonchev–Trinajstić information content (AvgIpc) is 3.18. The molecule has 1 heterocycles. The number of halogens is 1. The van der Waals surface area contributed by atoms with E-state index >= 15 is 0 Å². The fourth-order valence-corrected chi connectivity index (χ4v) is 2.24. The van der Waals surface area contributed by atoms with E-state index in [0.717, 1.165) is 5.69 Å². The minimum absolute atomic E-state index is 0.0457. The van der Waals surface area contributed by atoms with Gasteiger partial charge >= 0.3 is 0 Å². The van der Waals surface area contributed by atoms with E-state index in [0.29, 0.717) is 0 Å². The zero-order valence-electron chi connectivity index (χ0n) is 14.4. The summed E-state index contributed by atoms with van der Waals surface area (Å²) in [5, 5.41) is 4.11. The Labute approximate surface area is 154 Å². The summed E-state index contributed by atoms with van der Waals surface area (Å²) in [6, 6.07) is 15.0. The average molecular weight is 368 g/mol. The molecule has 0 aliphatic heterocycles. The molecule has 0 bridgehead atoms. The topological polar surface area (TPSA) is 85.2 Å². The fourth-order valence-electron chi connectivity index (χ4n) is 2.24. The summed E-state index contributed by atoms with van der Waals surface area (Å²) < 4.78 is 20.3. The second-order valence-corrected chi connectivity index (χ2v) is 5.64. The highest BCUT2D eigenvalue weighted by Gasteiger charge is 2.18. The summed E-state index contributed by atoms with van der Waals surface area (Å²) in [6.45, 7) is 1.45. The van der Waals surface area contributed by atoms with Crippen molar-refractivity contribution in [1.29, 1.82) is 0 Å². The van der Waals surface area contributed by atoms with Gasteiger partial charge in [-0.05, 0) is 31.2 Å². The van der Waals surface area contributed by atoms with E-state index in [9.17, 15) is 14.0 Å². The number of para-hydroxylation sites is 2. The Hall–Kier alpha value is -3.68. The molecular weight excluding hydrogens is 351 g/mol. The number of hydrazine groups is 1. The molecule has 0 radical (unpaired) electrons. The normalized spacial score (nSPS) is 11.5. The smallest absolute Gasteiger partial charge is 0.279 e. The van der Waals surface area contributed by atoms with Crippen LogP contribution >= 0.6 is 0 Å². The van der Waals surface area contributed by atoms with Crippen molar-refractivity contribution in [2.75, 3.05) is 0 Å². The Morgan fingerprint density at radius 3 is 2.52 bits per heavy atom. The molecule has 7 nitrogen and oxygen atoms in total. The van der Waals surface area contributed by atoms with Crippen LogP contribution in [0.15, 0.2) is 67.0 Å². The molecule has 3 aromatic rings. The molecule has 0 saturated carbocycles. The number of benzene rings is 2. The first-order chi connectivity index (χ1) is 13.0. The van der Waals surface area contributed by atoms with E-state index in [-0.39, 0.29) is 11.3 Å². The van der Waals surface area contributed by atoms with E-state index in [1.54, 1.807) is 10.7 Å². The molecule has 0 fully saturated rings. The number of nitrogens with one attached hydrogen (secondary N) is 2. The van der Waals surface area contributed by atoms with Crippen molar-refractivity contribution in [2.24, 2.45) is 0 Å². The first kappa shape index (κ1) is 18.1. The van der Waals surface area contributed by atoms with Crippen LogP contribution in [-0.4, -0.2) is 27.7 Å². The summed E-state index contributed by atoms with van der Waals surface area (Å²) in [7, 11) is 0. The number of carbonyl (C=O) groups excluding carboxylic acids is 2. The number of ether oxygens (including phenoxy) is 1. The molecule has 0 aliphatic carbocycles. The second-order valence-electron chi connectivity index (χ2n) is 5.64. The van der Waals surface area contributed by atoms with Crippen LogP contribution in [0.4, 0.5) is 4.39 Å². The van der Waals surface area contributed by atoms with Crippen molar-refractivity contribution in [3.05, 3.63) is 78.4 Å². The van der Waals surface area contributed by atoms with Crippen molar-refractivity contribution < 1.29 is 18.7 Å². The maximum Gasteiger partial charge on any atom is 0.279 e. The lowest BCUT2D eigenvalue weighted by Gasteiger charge is -2.15. The third-order valence-electron chi connectivity index (χ3n) is 3.67. The fraction of sp³-hybridized carbons (Fsp3) is 0.105. The Morgan fingerprint density at radius 1 is 1.07 bits per heavy atom. The minimum atomic E-state index is -1.01. The van der Waals surface area contributed by atoms with Gasteiger partial charge in [0.25, 0.3) is 11.8 Å². The Balaban J connectivity index is 1.55. The molecular formula is C19H17FN4O3. The Bertz CT molecular complexity index is 943. The minimum Gasteiger partial charge on any atom is -0.478 e. The largest absolute Gasteiger partial charge is 0.478 e. The van der Waals surface area contributed by atoms with Crippen LogP contribution in [0.5, 0.6) is 5.75 Å². The molecule has 3 rings (SSSR count). The van der Waals surface area contributed by atoms with Gasteiger partial charge in [0.15, 0.2) is 17.7 Å². The van der Waals surface area contributed by atoms with Gasteiger partial charge in [-0.3, -0.25) is 20.4 Å². The molecule has 138 valence electrons. The lowest BCUT2D eigenvalue weighted by Crippen LogP contribution is -2.47. The van der Waals surface area contributed by atoms with Gasteiger partial charge in [0.2, 0.25) is 0 Å². The molecule has 1 atom stereocenters. The maximum absolute atomic E-state index is 13.6. The number of nitrogens with zero attached hydrogens (tertiary/aromatic N) is 2. The third kappa shape index (κ3) is 4.49. The van der Waals surface area contributed by atoms with Crippen molar-refractivity contribution in [1.82, 2.24) is 20.6 Å². The van der Waals surface area contributed by atoms with Gasteiger partial charge < -0.3 is 4.74 Å². The van der Waals surface area contributed by atoms with Gasteiger partial charge in [0.05, 0.1) is 17.4 Å². The summed E-state index contributed by atoms with van der Waals surface area (Å²) in [5.74, 6) is -1.78. The lowest BCUT2D eigenvalue weighted by atomic mass is 10.3. The molecule has 2 aromatic carbocycles. The number of rotatable bonds is 5. The SMILES string of the molecule is C[C@@H](Oc1ccccc1F)C(=O)NNC(=O)c1cnn(-c2ccccc2)c1. The Kier molecular flexibility index (Phi) is 5.46. The van der Waals surface area contributed by atoms with Crippen LogP contribution in [0.1, 0.15) is 17.3 Å².